The maximum absolute atomic E-state index is 12.0. The van der Waals surface area contributed by atoms with Gasteiger partial charge in [0.05, 0.1) is 0 Å². The van der Waals surface area contributed by atoms with Crippen LogP contribution >= 0.6 is 0 Å². The van der Waals surface area contributed by atoms with Gasteiger partial charge >= 0.3 is 11.9 Å². The Labute approximate surface area is 87.4 Å². The number of hydrogen-bond acceptors (Lipinski definition) is 3. The van der Waals surface area contributed by atoms with E-state index in [0.29, 0.717) is 0 Å². The van der Waals surface area contributed by atoms with Crippen molar-refractivity contribution in [2.75, 3.05) is 0 Å². The first-order chi connectivity index (χ1) is 6.84. The van der Waals surface area contributed by atoms with Crippen LogP contribution < -0.4 is 0 Å². The van der Waals surface area contributed by atoms with Crippen LogP contribution in [0.4, 0.5) is 4.39 Å². The van der Waals surface area contributed by atoms with Gasteiger partial charge in [-0.2, -0.15) is 4.39 Å². The zero-order chi connectivity index (χ0) is 12.4. The highest BCUT2D eigenvalue weighted by Crippen LogP contribution is 1.94. The van der Waals surface area contributed by atoms with Gasteiger partial charge < -0.3 is 9.84 Å². The van der Waals surface area contributed by atoms with Gasteiger partial charge in [-0.15, -0.1) is 0 Å². The first-order valence-electron chi connectivity index (χ1n) is 3.83. The Morgan fingerprint density at radius 3 is 2.07 bits per heavy atom. The van der Waals surface area contributed by atoms with Crippen molar-refractivity contribution in [3.8, 4) is 0 Å². The number of carboxylic acids is 1. The van der Waals surface area contributed by atoms with E-state index in [-0.39, 0.29) is 5.57 Å². The fourth-order valence-corrected chi connectivity index (χ4v) is 0.207. The second kappa shape index (κ2) is 8.68. The van der Waals surface area contributed by atoms with Crippen LogP contribution in [0.5, 0.6) is 0 Å². The summed E-state index contributed by atoms with van der Waals surface area (Å²) in [5.41, 5.74) is 0.176. The molecule has 0 aliphatic carbocycles. The van der Waals surface area contributed by atoms with Crippen molar-refractivity contribution in [1.29, 1.82) is 0 Å². The van der Waals surface area contributed by atoms with Gasteiger partial charge in [0, 0.05) is 11.6 Å². The molecule has 0 rings (SSSR count). The van der Waals surface area contributed by atoms with Crippen molar-refractivity contribution in [2.24, 2.45) is 0 Å². The van der Waals surface area contributed by atoms with Crippen LogP contribution in [0, 0.1) is 0 Å². The van der Waals surface area contributed by atoms with Crippen molar-refractivity contribution >= 4 is 11.9 Å². The SMILES string of the molecule is C=C(C)C(=O)O.C=CC(=O)OC(F)C=C. The zero-order valence-electron chi connectivity index (χ0n) is 8.40. The van der Waals surface area contributed by atoms with E-state index in [1.807, 2.05) is 0 Å². The molecule has 0 fully saturated rings. The van der Waals surface area contributed by atoms with Gasteiger partial charge in [-0.25, -0.2) is 9.59 Å². The van der Waals surface area contributed by atoms with Crippen LogP contribution in [-0.2, 0) is 14.3 Å². The van der Waals surface area contributed by atoms with Crippen LogP contribution in [0.25, 0.3) is 0 Å². The number of esters is 1. The van der Waals surface area contributed by atoms with Gasteiger partial charge in [0.2, 0.25) is 0 Å². The molecule has 0 saturated heterocycles. The summed E-state index contributed by atoms with van der Waals surface area (Å²) in [7, 11) is 0. The van der Waals surface area contributed by atoms with Gasteiger partial charge in [-0.3, -0.25) is 0 Å². The molecular weight excluding hydrogens is 203 g/mol. The average molecular weight is 216 g/mol. The molecule has 5 heteroatoms. The van der Waals surface area contributed by atoms with Crippen molar-refractivity contribution in [2.45, 2.75) is 13.3 Å². The van der Waals surface area contributed by atoms with Crippen molar-refractivity contribution in [1.82, 2.24) is 0 Å². The molecule has 0 aliphatic rings. The van der Waals surface area contributed by atoms with Crippen LogP contribution in [0.2, 0.25) is 0 Å². The van der Waals surface area contributed by atoms with E-state index in [0.717, 1.165) is 12.2 Å². The Kier molecular flexibility index (Phi) is 9.00. The first kappa shape index (κ1) is 15.6. The van der Waals surface area contributed by atoms with Gasteiger partial charge in [-0.05, 0) is 13.0 Å². The van der Waals surface area contributed by atoms with E-state index in [4.69, 9.17) is 5.11 Å². The molecule has 0 aromatic carbocycles. The summed E-state index contributed by atoms with van der Waals surface area (Å²) in [5.74, 6) is -1.72. The number of carbonyl (C=O) groups is 2. The number of ether oxygens (including phenoxy) is 1. The fourth-order valence-electron chi connectivity index (χ4n) is 0.207. The lowest BCUT2D eigenvalue weighted by atomic mass is 10.4. The minimum absolute atomic E-state index is 0.176. The van der Waals surface area contributed by atoms with Crippen molar-refractivity contribution in [3.05, 3.63) is 37.5 Å². The Morgan fingerprint density at radius 1 is 1.47 bits per heavy atom. The Hall–Kier alpha value is -1.91. The van der Waals surface area contributed by atoms with E-state index < -0.39 is 18.3 Å². The summed E-state index contributed by atoms with van der Waals surface area (Å²) in [6, 6.07) is 0. The van der Waals surface area contributed by atoms with E-state index >= 15 is 0 Å². The molecule has 0 aromatic rings. The third kappa shape index (κ3) is 12.1. The lowest BCUT2D eigenvalue weighted by Gasteiger charge is -2.00. The molecule has 84 valence electrons. The second-order valence-corrected chi connectivity index (χ2v) is 2.31. The summed E-state index contributed by atoms with van der Waals surface area (Å²) in [6.45, 7) is 10.7. The number of halogens is 1. The molecule has 0 aromatic heterocycles. The number of alkyl halides is 1. The Morgan fingerprint density at radius 2 is 1.87 bits per heavy atom. The fraction of sp³-hybridized carbons (Fsp3) is 0.200. The summed E-state index contributed by atoms with van der Waals surface area (Å²) in [4.78, 5) is 19.8. The molecule has 15 heavy (non-hydrogen) atoms. The van der Waals surface area contributed by atoms with Crippen molar-refractivity contribution in [3.63, 3.8) is 0 Å². The molecule has 0 aliphatic heterocycles. The van der Waals surface area contributed by atoms with Gasteiger partial charge in [0.1, 0.15) is 0 Å². The lowest BCUT2D eigenvalue weighted by molar-refractivity contribution is -0.147. The van der Waals surface area contributed by atoms with Gasteiger partial charge in [-0.1, -0.05) is 19.7 Å². The number of hydrogen-bond donors (Lipinski definition) is 1. The normalized spacial score (nSPS) is 10.0. The molecule has 1 unspecified atom stereocenters. The summed E-state index contributed by atoms with van der Waals surface area (Å²) >= 11 is 0. The van der Waals surface area contributed by atoms with Crippen LogP contribution in [-0.4, -0.2) is 23.4 Å². The second-order valence-electron chi connectivity index (χ2n) is 2.31. The molecule has 4 nitrogen and oxygen atoms in total. The standard InChI is InChI=1S/C6H7FO2.C4H6O2/c1-3-5(7)9-6(8)4-2;1-3(2)4(5)6/h3-5H,1-2H2;1H2,2H3,(H,5,6). The molecule has 0 spiro atoms. The van der Waals surface area contributed by atoms with Crippen LogP contribution in [0.1, 0.15) is 6.92 Å². The monoisotopic (exact) mass is 216 g/mol. The zero-order valence-corrected chi connectivity index (χ0v) is 8.40. The Bertz CT molecular complexity index is 259. The number of carboxylic acid groups (broad SMARTS) is 1. The van der Waals surface area contributed by atoms with Crippen LogP contribution in [0.15, 0.2) is 37.5 Å². The maximum atomic E-state index is 12.0. The highest BCUT2D eigenvalue weighted by molar-refractivity contribution is 5.84. The van der Waals surface area contributed by atoms with Crippen molar-refractivity contribution < 1.29 is 23.8 Å². The Balaban J connectivity index is 0. The molecule has 0 heterocycles. The quantitative estimate of drug-likeness (QED) is 0.442. The molecule has 0 bridgehead atoms. The number of rotatable bonds is 4. The highest BCUT2D eigenvalue weighted by Gasteiger charge is 2.02. The van der Waals surface area contributed by atoms with E-state index in [1.165, 1.54) is 6.92 Å². The summed E-state index contributed by atoms with van der Waals surface area (Å²) < 4.78 is 16.0. The smallest absolute Gasteiger partial charge is 0.332 e. The molecule has 1 N–H and O–H groups in total. The topological polar surface area (TPSA) is 63.6 Å². The number of aliphatic carboxylic acids is 1. The third-order valence-electron chi connectivity index (χ3n) is 0.946. The predicted molar refractivity (Wildman–Crippen MR) is 53.8 cm³/mol. The number of carbonyl (C=O) groups excluding carboxylic acids is 1. The predicted octanol–water partition coefficient (Wildman–Crippen LogP) is 1.84. The largest absolute Gasteiger partial charge is 0.478 e. The van der Waals surface area contributed by atoms with E-state index in [2.05, 4.69) is 24.5 Å². The van der Waals surface area contributed by atoms with Gasteiger partial charge in [0.15, 0.2) is 0 Å². The molecule has 0 radical (unpaired) electrons. The minimum Gasteiger partial charge on any atom is -0.478 e. The first-order valence-corrected chi connectivity index (χ1v) is 3.83. The minimum atomic E-state index is -1.73. The summed E-state index contributed by atoms with van der Waals surface area (Å²) in [6.07, 6.45) is 0.0350. The van der Waals surface area contributed by atoms with E-state index in [9.17, 15) is 14.0 Å². The summed E-state index contributed by atoms with van der Waals surface area (Å²) in [5, 5.41) is 7.89. The average Bonchev–Trinajstić information content (AvgIpc) is 2.18. The lowest BCUT2D eigenvalue weighted by Crippen LogP contribution is -2.07. The molecule has 0 amide bonds. The molecular formula is C10H13FO4. The third-order valence-corrected chi connectivity index (χ3v) is 0.946. The maximum Gasteiger partial charge on any atom is 0.332 e. The molecule has 1 atom stereocenters. The van der Waals surface area contributed by atoms with E-state index in [1.54, 1.807) is 0 Å². The van der Waals surface area contributed by atoms with Gasteiger partial charge in [0.25, 0.3) is 6.36 Å². The molecule has 0 saturated carbocycles. The highest BCUT2D eigenvalue weighted by atomic mass is 19.1. The van der Waals surface area contributed by atoms with Crippen LogP contribution in [0.3, 0.4) is 0 Å².